The van der Waals surface area contributed by atoms with Crippen molar-refractivity contribution in [1.29, 1.82) is 0 Å². The number of aryl methyl sites for hydroxylation is 1. The summed E-state index contributed by atoms with van der Waals surface area (Å²) >= 11 is 0. The summed E-state index contributed by atoms with van der Waals surface area (Å²) in [6.07, 6.45) is 1.01. The Morgan fingerprint density at radius 2 is 1.88 bits per heavy atom. The van der Waals surface area contributed by atoms with E-state index in [0.29, 0.717) is 35.9 Å². The third-order valence-corrected chi connectivity index (χ3v) is 4.39. The topological polar surface area (TPSA) is 103 Å². The molecule has 0 spiro atoms. The predicted molar refractivity (Wildman–Crippen MR) is 92.9 cm³/mol. The average Bonchev–Trinajstić information content (AvgIpc) is 3.37. The standard InChI is InChI=1S/C18H21N3O5/c1-11-8-15(21-26-11)20-17(23)18(6-7-18)16(22)19-10-12-4-5-13(24-2)14(9-12)25-3/h4-5,8-9H,6-7,10H2,1-3H3,(H,19,22)(H,20,21,23). The monoisotopic (exact) mass is 359 g/mol. The molecule has 2 amide bonds. The van der Waals surface area contributed by atoms with Crippen LogP contribution in [0.3, 0.4) is 0 Å². The van der Waals surface area contributed by atoms with Crippen LogP contribution in [0.2, 0.25) is 0 Å². The number of hydrogen-bond donors (Lipinski definition) is 2. The number of benzene rings is 1. The van der Waals surface area contributed by atoms with Gasteiger partial charge in [-0.05, 0) is 37.5 Å². The highest BCUT2D eigenvalue weighted by molar-refractivity contribution is 6.12. The van der Waals surface area contributed by atoms with Crippen molar-refractivity contribution in [1.82, 2.24) is 10.5 Å². The number of carbonyl (C=O) groups is 2. The third kappa shape index (κ3) is 3.49. The average molecular weight is 359 g/mol. The predicted octanol–water partition coefficient (Wildman–Crippen LogP) is 2.04. The Kier molecular flexibility index (Phi) is 4.83. The van der Waals surface area contributed by atoms with E-state index in [2.05, 4.69) is 15.8 Å². The first-order valence-electron chi connectivity index (χ1n) is 8.22. The van der Waals surface area contributed by atoms with Crippen LogP contribution >= 0.6 is 0 Å². The van der Waals surface area contributed by atoms with Gasteiger partial charge in [0.1, 0.15) is 11.2 Å². The van der Waals surface area contributed by atoms with Crippen LogP contribution in [0.25, 0.3) is 0 Å². The van der Waals surface area contributed by atoms with Crippen molar-refractivity contribution in [2.75, 3.05) is 19.5 Å². The van der Waals surface area contributed by atoms with Gasteiger partial charge in [-0.2, -0.15) is 0 Å². The lowest BCUT2D eigenvalue weighted by Gasteiger charge is -2.15. The zero-order valence-electron chi connectivity index (χ0n) is 14.9. The van der Waals surface area contributed by atoms with Crippen LogP contribution in [0.15, 0.2) is 28.8 Å². The fraction of sp³-hybridized carbons (Fsp3) is 0.389. The summed E-state index contributed by atoms with van der Waals surface area (Å²) in [5, 5.41) is 9.18. The number of rotatable bonds is 7. The van der Waals surface area contributed by atoms with E-state index in [1.807, 2.05) is 6.07 Å². The maximum Gasteiger partial charge on any atom is 0.241 e. The molecule has 2 N–H and O–H groups in total. The second-order valence-electron chi connectivity index (χ2n) is 6.23. The zero-order valence-corrected chi connectivity index (χ0v) is 14.9. The van der Waals surface area contributed by atoms with E-state index >= 15 is 0 Å². The van der Waals surface area contributed by atoms with Crippen LogP contribution in [0.1, 0.15) is 24.2 Å². The van der Waals surface area contributed by atoms with Crippen molar-refractivity contribution in [2.45, 2.75) is 26.3 Å². The molecule has 0 atom stereocenters. The Labute approximate surface area is 150 Å². The molecule has 0 aliphatic heterocycles. The Balaban J connectivity index is 1.61. The largest absolute Gasteiger partial charge is 0.493 e. The summed E-state index contributed by atoms with van der Waals surface area (Å²) in [6, 6.07) is 7.00. The second kappa shape index (κ2) is 7.07. The van der Waals surface area contributed by atoms with Gasteiger partial charge in [0, 0.05) is 12.6 Å². The van der Waals surface area contributed by atoms with E-state index in [1.165, 1.54) is 0 Å². The van der Waals surface area contributed by atoms with E-state index in [1.54, 1.807) is 39.3 Å². The lowest BCUT2D eigenvalue weighted by atomic mass is 10.0. The van der Waals surface area contributed by atoms with Crippen molar-refractivity contribution in [3.05, 3.63) is 35.6 Å². The van der Waals surface area contributed by atoms with Crippen molar-refractivity contribution in [3.8, 4) is 11.5 Å². The zero-order chi connectivity index (χ0) is 18.7. The first-order valence-corrected chi connectivity index (χ1v) is 8.22. The molecular formula is C18H21N3O5. The summed E-state index contributed by atoms with van der Waals surface area (Å²) in [5.41, 5.74) is -0.192. The molecule has 1 fully saturated rings. The van der Waals surface area contributed by atoms with Gasteiger partial charge in [-0.1, -0.05) is 11.2 Å². The number of carbonyl (C=O) groups excluding carboxylic acids is 2. The van der Waals surface area contributed by atoms with Crippen LogP contribution in [-0.2, 0) is 16.1 Å². The first kappa shape index (κ1) is 17.8. The second-order valence-corrected chi connectivity index (χ2v) is 6.23. The van der Waals surface area contributed by atoms with E-state index < -0.39 is 5.41 Å². The summed E-state index contributed by atoms with van der Waals surface area (Å²) in [4.78, 5) is 25.0. The van der Waals surface area contributed by atoms with Crippen LogP contribution < -0.4 is 20.1 Å². The van der Waals surface area contributed by atoms with Crippen LogP contribution in [0, 0.1) is 12.3 Å². The number of amides is 2. The lowest BCUT2D eigenvalue weighted by Crippen LogP contribution is -2.39. The quantitative estimate of drug-likeness (QED) is 0.734. The van der Waals surface area contributed by atoms with Gasteiger partial charge in [-0.25, -0.2) is 0 Å². The molecule has 1 aromatic carbocycles. The minimum atomic E-state index is -1.04. The van der Waals surface area contributed by atoms with Gasteiger partial charge >= 0.3 is 0 Å². The molecule has 0 unspecified atom stereocenters. The molecule has 8 nitrogen and oxygen atoms in total. The first-order chi connectivity index (χ1) is 12.5. The summed E-state index contributed by atoms with van der Waals surface area (Å²) in [5.74, 6) is 1.43. The number of nitrogens with zero attached hydrogens (tertiary/aromatic N) is 1. The Hall–Kier alpha value is -3.03. The van der Waals surface area contributed by atoms with Crippen LogP contribution in [-0.4, -0.2) is 31.2 Å². The molecule has 1 aliphatic carbocycles. The highest BCUT2D eigenvalue weighted by atomic mass is 16.5. The van der Waals surface area contributed by atoms with E-state index in [9.17, 15) is 9.59 Å². The molecule has 0 saturated heterocycles. The van der Waals surface area contributed by atoms with E-state index in [0.717, 1.165) is 5.56 Å². The molecule has 1 heterocycles. The highest BCUT2D eigenvalue weighted by Gasteiger charge is 2.56. The molecule has 26 heavy (non-hydrogen) atoms. The molecule has 1 aromatic heterocycles. The summed E-state index contributed by atoms with van der Waals surface area (Å²) in [7, 11) is 3.11. The highest BCUT2D eigenvalue weighted by Crippen LogP contribution is 2.46. The molecule has 138 valence electrons. The third-order valence-electron chi connectivity index (χ3n) is 4.39. The Morgan fingerprint density at radius 1 is 1.15 bits per heavy atom. The molecule has 8 heteroatoms. The van der Waals surface area contributed by atoms with Gasteiger partial charge < -0.3 is 24.6 Å². The van der Waals surface area contributed by atoms with Gasteiger partial charge in [0.2, 0.25) is 11.8 Å². The van der Waals surface area contributed by atoms with Crippen molar-refractivity contribution < 1.29 is 23.6 Å². The molecule has 0 radical (unpaired) electrons. The minimum Gasteiger partial charge on any atom is -0.493 e. The van der Waals surface area contributed by atoms with Crippen molar-refractivity contribution in [3.63, 3.8) is 0 Å². The summed E-state index contributed by atoms with van der Waals surface area (Å²) < 4.78 is 15.4. The molecule has 0 bridgehead atoms. The number of aromatic nitrogens is 1. The van der Waals surface area contributed by atoms with E-state index in [-0.39, 0.29) is 18.4 Å². The maximum atomic E-state index is 12.5. The Morgan fingerprint density at radius 3 is 2.46 bits per heavy atom. The van der Waals surface area contributed by atoms with Gasteiger partial charge in [0.15, 0.2) is 17.3 Å². The number of ether oxygens (including phenoxy) is 2. The van der Waals surface area contributed by atoms with E-state index in [4.69, 9.17) is 14.0 Å². The molecule has 3 rings (SSSR count). The fourth-order valence-corrected chi connectivity index (χ4v) is 2.69. The fourth-order valence-electron chi connectivity index (χ4n) is 2.69. The lowest BCUT2D eigenvalue weighted by molar-refractivity contribution is -0.134. The van der Waals surface area contributed by atoms with Crippen LogP contribution in [0.5, 0.6) is 11.5 Å². The van der Waals surface area contributed by atoms with Gasteiger partial charge in [-0.15, -0.1) is 0 Å². The van der Waals surface area contributed by atoms with Gasteiger partial charge in [-0.3, -0.25) is 9.59 Å². The molecule has 1 aliphatic rings. The van der Waals surface area contributed by atoms with Crippen LogP contribution in [0.4, 0.5) is 5.82 Å². The number of methoxy groups -OCH3 is 2. The van der Waals surface area contributed by atoms with Crippen molar-refractivity contribution >= 4 is 17.6 Å². The summed E-state index contributed by atoms with van der Waals surface area (Å²) in [6.45, 7) is 2.02. The SMILES string of the molecule is COc1ccc(CNC(=O)C2(C(=O)Nc3cc(C)on3)CC2)cc1OC. The van der Waals surface area contributed by atoms with Gasteiger partial charge in [0.05, 0.1) is 14.2 Å². The van der Waals surface area contributed by atoms with Crippen molar-refractivity contribution in [2.24, 2.45) is 5.41 Å². The van der Waals surface area contributed by atoms with Gasteiger partial charge in [0.25, 0.3) is 0 Å². The number of nitrogens with one attached hydrogen (secondary N) is 2. The number of hydrogen-bond acceptors (Lipinski definition) is 6. The smallest absolute Gasteiger partial charge is 0.241 e. The Bertz CT molecular complexity index is 826. The molecular weight excluding hydrogens is 338 g/mol. The maximum absolute atomic E-state index is 12.5. The number of anilines is 1. The normalized spacial score (nSPS) is 14.4. The molecule has 2 aromatic rings. The molecule has 1 saturated carbocycles. The minimum absolute atomic E-state index is 0.289.